The predicted octanol–water partition coefficient (Wildman–Crippen LogP) is 3.88. The van der Waals surface area contributed by atoms with E-state index in [2.05, 4.69) is 4.99 Å². The maximum absolute atomic E-state index is 13.4. The minimum Gasteiger partial charge on any atom is -0.480 e. The minimum absolute atomic E-state index is 0.00250. The van der Waals surface area contributed by atoms with Crippen molar-refractivity contribution in [2.75, 3.05) is 0 Å². The zero-order chi connectivity index (χ0) is 29.7. The number of carbonyl (C=O) groups excluding carboxylic acids is 2. The molecule has 1 aliphatic carbocycles. The average molecular weight is 579 g/mol. The second kappa shape index (κ2) is 12.6. The summed E-state index contributed by atoms with van der Waals surface area (Å²) < 4.78 is 5.58. The number of nitrogens with two attached hydrogens (primary N) is 2. The van der Waals surface area contributed by atoms with Crippen LogP contribution in [0.4, 0.5) is 5.69 Å². The molecule has 0 saturated carbocycles. The van der Waals surface area contributed by atoms with Gasteiger partial charge in [-0.15, -0.1) is 11.3 Å². The van der Waals surface area contributed by atoms with Gasteiger partial charge >= 0.3 is 17.9 Å². The van der Waals surface area contributed by atoms with Crippen molar-refractivity contribution in [3.05, 3.63) is 81.0 Å². The van der Waals surface area contributed by atoms with E-state index in [-0.39, 0.29) is 35.6 Å². The van der Waals surface area contributed by atoms with Gasteiger partial charge in [0.25, 0.3) is 0 Å². The Kier molecular flexibility index (Phi) is 9.03. The molecule has 0 fully saturated rings. The molecule has 4 rings (SSSR count). The smallest absolute Gasteiger partial charge is 0.345 e. The Bertz CT molecular complexity index is 1500. The molecule has 0 saturated heterocycles. The Labute approximate surface area is 240 Å². The molecular weight excluding hydrogens is 548 g/mol. The number of benzene rings is 2. The van der Waals surface area contributed by atoms with Gasteiger partial charge in [-0.3, -0.25) is 4.79 Å². The lowest BCUT2D eigenvalue weighted by molar-refractivity contribution is -0.150. The predicted molar refractivity (Wildman–Crippen MR) is 153 cm³/mol. The van der Waals surface area contributed by atoms with Gasteiger partial charge in [-0.05, 0) is 96.6 Å². The first-order chi connectivity index (χ1) is 19.5. The summed E-state index contributed by atoms with van der Waals surface area (Å²) in [4.78, 5) is 54.4. The summed E-state index contributed by atoms with van der Waals surface area (Å²) in [5, 5.41) is 20.5. The Morgan fingerprint density at radius 1 is 1.10 bits per heavy atom. The Morgan fingerprint density at radius 2 is 1.83 bits per heavy atom. The van der Waals surface area contributed by atoms with Crippen molar-refractivity contribution in [1.82, 2.24) is 4.90 Å². The molecule has 1 heterocycles. The lowest BCUT2D eigenvalue weighted by Gasteiger charge is -2.30. The number of amides is 1. The van der Waals surface area contributed by atoms with E-state index in [0.717, 1.165) is 41.7 Å². The van der Waals surface area contributed by atoms with Gasteiger partial charge in [-0.25, -0.2) is 19.4 Å². The van der Waals surface area contributed by atoms with Gasteiger partial charge in [0.05, 0.1) is 11.3 Å². The molecule has 6 N–H and O–H groups in total. The second-order valence-corrected chi connectivity index (χ2v) is 10.7. The van der Waals surface area contributed by atoms with Gasteiger partial charge in [-0.2, -0.15) is 0 Å². The maximum atomic E-state index is 13.4. The molecule has 3 aromatic rings. The van der Waals surface area contributed by atoms with E-state index in [0.29, 0.717) is 22.6 Å². The number of aliphatic imine (C=N–C) groups is 1. The monoisotopic (exact) mass is 578 g/mol. The molecule has 12 heteroatoms. The van der Waals surface area contributed by atoms with Crippen LogP contribution in [0.3, 0.4) is 0 Å². The van der Waals surface area contributed by atoms with Crippen LogP contribution in [0.25, 0.3) is 0 Å². The van der Waals surface area contributed by atoms with E-state index in [1.165, 1.54) is 17.9 Å². The number of hydrogen-bond donors (Lipinski definition) is 4. The first kappa shape index (κ1) is 29.3. The Balaban J connectivity index is 1.47. The summed E-state index contributed by atoms with van der Waals surface area (Å²) in [7, 11) is 0. The Morgan fingerprint density at radius 3 is 2.46 bits per heavy atom. The lowest BCUT2D eigenvalue weighted by Crippen LogP contribution is -2.43. The van der Waals surface area contributed by atoms with E-state index >= 15 is 0 Å². The van der Waals surface area contributed by atoms with Crippen molar-refractivity contribution in [2.45, 2.75) is 51.1 Å². The number of carboxylic acid groups (broad SMARTS) is 2. The summed E-state index contributed by atoms with van der Waals surface area (Å²) in [5.41, 5.74) is 14.1. The molecule has 41 heavy (non-hydrogen) atoms. The number of ether oxygens (including phenoxy) is 1. The van der Waals surface area contributed by atoms with E-state index in [9.17, 15) is 29.4 Å². The highest BCUT2D eigenvalue weighted by atomic mass is 32.1. The second-order valence-electron chi connectivity index (χ2n) is 9.79. The number of aryl methyl sites for hydroxylation is 1. The van der Waals surface area contributed by atoms with Crippen molar-refractivity contribution >= 4 is 46.8 Å². The molecule has 1 aliphatic rings. The van der Waals surface area contributed by atoms with Crippen LogP contribution in [0.5, 0.6) is 5.75 Å². The van der Waals surface area contributed by atoms with Crippen molar-refractivity contribution in [3.63, 3.8) is 0 Å². The molecule has 2 aromatic carbocycles. The number of fused-ring (bicyclic) bond motifs is 1. The molecule has 0 bridgehead atoms. The maximum Gasteiger partial charge on any atom is 0.345 e. The first-order valence-corrected chi connectivity index (χ1v) is 13.8. The van der Waals surface area contributed by atoms with Crippen LogP contribution in [0.1, 0.15) is 68.8 Å². The summed E-state index contributed by atoms with van der Waals surface area (Å²) >= 11 is 1.03. The molecule has 1 amide bonds. The molecule has 214 valence electrons. The standard InChI is InChI=1S/C29H30N4O7S/c1-16(26(35)36)33(14-17-11-24(27(37)38)41-15-17)25(34)13-20-4-2-3-19-12-22(9-10-23(19)20)40-28(39)18-5-7-21(8-6-18)32-29(30)31/h5-12,15-16,20H,2-4,13-14H2,1H3,(H,35,36)(H,37,38)(H4,30,31,32)/t16-,20-/m1/s1. The van der Waals surface area contributed by atoms with Gasteiger partial charge in [0.1, 0.15) is 16.7 Å². The zero-order valence-corrected chi connectivity index (χ0v) is 23.1. The van der Waals surface area contributed by atoms with Gasteiger partial charge in [0.2, 0.25) is 5.91 Å². The average Bonchev–Trinajstić information content (AvgIpc) is 3.40. The van der Waals surface area contributed by atoms with Crippen molar-refractivity contribution < 1.29 is 34.1 Å². The molecule has 11 nitrogen and oxygen atoms in total. The molecular formula is C29H30N4O7S. The fourth-order valence-electron chi connectivity index (χ4n) is 4.82. The number of guanidine groups is 1. The zero-order valence-electron chi connectivity index (χ0n) is 22.3. The quantitative estimate of drug-likeness (QED) is 0.120. The van der Waals surface area contributed by atoms with Crippen molar-refractivity contribution in [1.29, 1.82) is 0 Å². The Hall–Kier alpha value is -4.71. The van der Waals surface area contributed by atoms with E-state index in [1.54, 1.807) is 41.8 Å². The summed E-state index contributed by atoms with van der Waals surface area (Å²) in [5.74, 6) is -2.94. The van der Waals surface area contributed by atoms with Gasteiger partial charge < -0.3 is 31.3 Å². The van der Waals surface area contributed by atoms with Crippen LogP contribution in [-0.4, -0.2) is 50.9 Å². The first-order valence-electron chi connectivity index (χ1n) is 12.9. The van der Waals surface area contributed by atoms with Gasteiger partial charge in [0.15, 0.2) is 5.96 Å². The third kappa shape index (κ3) is 7.28. The number of rotatable bonds is 10. The highest BCUT2D eigenvalue weighted by Crippen LogP contribution is 2.37. The largest absolute Gasteiger partial charge is 0.480 e. The number of esters is 1. The molecule has 2 atom stereocenters. The van der Waals surface area contributed by atoms with Crippen molar-refractivity contribution in [3.8, 4) is 5.75 Å². The van der Waals surface area contributed by atoms with Crippen LogP contribution in [0.2, 0.25) is 0 Å². The van der Waals surface area contributed by atoms with E-state index in [4.69, 9.17) is 16.2 Å². The highest BCUT2D eigenvalue weighted by molar-refractivity contribution is 7.12. The van der Waals surface area contributed by atoms with Crippen LogP contribution < -0.4 is 16.2 Å². The van der Waals surface area contributed by atoms with E-state index < -0.39 is 23.9 Å². The van der Waals surface area contributed by atoms with Gasteiger partial charge in [-0.1, -0.05) is 6.07 Å². The minimum atomic E-state index is -1.14. The third-order valence-corrected chi connectivity index (χ3v) is 7.88. The SMILES string of the molecule is C[C@H](C(=O)O)N(Cc1csc(C(=O)O)c1)C(=O)C[C@H]1CCCc2cc(OC(=O)c3ccc(N=C(N)N)cc3)ccc21. The number of aliphatic carboxylic acids is 1. The van der Waals surface area contributed by atoms with Crippen LogP contribution in [0.15, 0.2) is 58.9 Å². The number of nitrogens with zero attached hydrogens (tertiary/aromatic N) is 2. The number of thiophene rings is 1. The molecule has 0 spiro atoms. The van der Waals surface area contributed by atoms with Gasteiger partial charge in [0, 0.05) is 13.0 Å². The fourth-order valence-corrected chi connectivity index (χ4v) is 5.56. The highest BCUT2D eigenvalue weighted by Gasteiger charge is 2.30. The number of aromatic carboxylic acids is 1. The fraction of sp³-hybridized carbons (Fsp3) is 0.276. The molecule has 1 aromatic heterocycles. The summed E-state index contributed by atoms with van der Waals surface area (Å²) in [6.07, 6.45) is 2.41. The van der Waals surface area contributed by atoms with Crippen LogP contribution in [0, 0.1) is 0 Å². The third-order valence-electron chi connectivity index (χ3n) is 6.91. The topological polar surface area (TPSA) is 186 Å². The summed E-state index contributed by atoms with van der Waals surface area (Å²) in [6.45, 7) is 1.44. The normalized spacial score (nSPS) is 14.8. The van der Waals surface area contributed by atoms with Crippen LogP contribution >= 0.6 is 11.3 Å². The van der Waals surface area contributed by atoms with E-state index in [1.807, 2.05) is 6.07 Å². The lowest BCUT2D eigenvalue weighted by atomic mass is 9.80. The molecule has 0 radical (unpaired) electrons. The summed E-state index contributed by atoms with van der Waals surface area (Å²) in [6, 6.07) is 12.0. The van der Waals surface area contributed by atoms with Crippen molar-refractivity contribution in [2.24, 2.45) is 16.5 Å². The number of hydrogen-bond acceptors (Lipinski definition) is 7. The number of carbonyl (C=O) groups is 4. The molecule has 0 aliphatic heterocycles. The number of carboxylic acids is 2. The molecule has 0 unspecified atom stereocenters. The van der Waals surface area contributed by atoms with Crippen LogP contribution in [-0.2, 0) is 22.6 Å².